The van der Waals surface area contributed by atoms with Gasteiger partial charge in [0.05, 0.1) is 0 Å². The van der Waals surface area contributed by atoms with Crippen LogP contribution in [0.15, 0.2) is 18.2 Å². The highest BCUT2D eigenvalue weighted by Gasteiger charge is 2.17. The van der Waals surface area contributed by atoms with E-state index in [2.05, 4.69) is 17.3 Å². The Morgan fingerprint density at radius 3 is 2.65 bits per heavy atom. The molecule has 0 aliphatic carbocycles. The van der Waals surface area contributed by atoms with Crippen LogP contribution in [-0.2, 0) is 0 Å². The molecule has 2 rings (SSSR count). The molecule has 20 heavy (non-hydrogen) atoms. The number of halogens is 2. The second-order valence-corrected chi connectivity index (χ2v) is 5.88. The van der Waals surface area contributed by atoms with Gasteiger partial charge in [-0.25, -0.2) is 8.78 Å². The molecule has 2 nitrogen and oxygen atoms in total. The van der Waals surface area contributed by atoms with Crippen LogP contribution < -0.4 is 5.32 Å². The molecule has 112 valence electrons. The number of rotatable bonds is 5. The van der Waals surface area contributed by atoms with Crippen molar-refractivity contribution in [3.8, 4) is 0 Å². The van der Waals surface area contributed by atoms with Crippen molar-refractivity contribution in [3.05, 3.63) is 35.4 Å². The molecule has 0 amide bonds. The summed E-state index contributed by atoms with van der Waals surface area (Å²) >= 11 is 0. The Kier molecular flexibility index (Phi) is 5.49. The number of likely N-dealkylation sites (tertiary alicyclic amines) is 1. The van der Waals surface area contributed by atoms with Gasteiger partial charge in [0.2, 0.25) is 0 Å². The largest absolute Gasteiger partial charge is 0.310 e. The molecule has 1 aromatic rings. The summed E-state index contributed by atoms with van der Waals surface area (Å²) in [7, 11) is 2.16. The molecule has 1 N–H and O–H groups in total. The quantitative estimate of drug-likeness (QED) is 0.891. The molecule has 1 aliphatic heterocycles. The second-order valence-electron chi connectivity index (χ2n) is 5.88. The van der Waals surface area contributed by atoms with Crippen molar-refractivity contribution < 1.29 is 8.78 Å². The van der Waals surface area contributed by atoms with Crippen molar-refractivity contribution >= 4 is 0 Å². The van der Waals surface area contributed by atoms with Crippen LogP contribution in [0.1, 0.15) is 37.8 Å². The first kappa shape index (κ1) is 15.4. The van der Waals surface area contributed by atoms with Gasteiger partial charge in [-0.2, -0.15) is 0 Å². The van der Waals surface area contributed by atoms with E-state index in [1.807, 2.05) is 6.92 Å². The highest BCUT2D eigenvalue weighted by Crippen LogP contribution is 2.21. The van der Waals surface area contributed by atoms with E-state index in [-0.39, 0.29) is 6.04 Å². The molecule has 0 saturated carbocycles. The summed E-state index contributed by atoms with van der Waals surface area (Å²) in [5, 5.41) is 3.34. The van der Waals surface area contributed by atoms with Gasteiger partial charge >= 0.3 is 0 Å². The first-order valence-electron chi connectivity index (χ1n) is 7.43. The van der Waals surface area contributed by atoms with E-state index in [9.17, 15) is 8.78 Å². The topological polar surface area (TPSA) is 15.3 Å². The van der Waals surface area contributed by atoms with Crippen LogP contribution >= 0.6 is 0 Å². The van der Waals surface area contributed by atoms with Crippen LogP contribution in [0.25, 0.3) is 0 Å². The molecule has 1 aromatic carbocycles. The maximum atomic E-state index is 13.6. The van der Waals surface area contributed by atoms with Crippen molar-refractivity contribution in [1.29, 1.82) is 0 Å². The summed E-state index contributed by atoms with van der Waals surface area (Å²) in [4.78, 5) is 2.36. The van der Waals surface area contributed by atoms with Crippen molar-refractivity contribution in [3.63, 3.8) is 0 Å². The molecule has 0 aromatic heterocycles. The third-order valence-corrected chi connectivity index (χ3v) is 4.27. The molecule has 1 unspecified atom stereocenters. The van der Waals surface area contributed by atoms with Crippen LogP contribution in [0.2, 0.25) is 0 Å². The van der Waals surface area contributed by atoms with Crippen molar-refractivity contribution in [2.24, 2.45) is 5.92 Å². The molecule has 0 spiro atoms. The molecule has 1 fully saturated rings. The third-order valence-electron chi connectivity index (χ3n) is 4.27. The van der Waals surface area contributed by atoms with Crippen LogP contribution in [0.5, 0.6) is 0 Å². The Balaban J connectivity index is 1.76. The molecule has 0 radical (unpaired) electrons. The minimum absolute atomic E-state index is 0.0816. The number of hydrogen-bond acceptors (Lipinski definition) is 2. The zero-order valence-electron chi connectivity index (χ0n) is 12.3. The Labute approximate surface area is 120 Å². The van der Waals surface area contributed by atoms with Gasteiger partial charge in [-0.1, -0.05) is 6.07 Å². The Bertz CT molecular complexity index is 428. The summed E-state index contributed by atoms with van der Waals surface area (Å²) in [5.41, 5.74) is 0.537. The average molecular weight is 282 g/mol. The van der Waals surface area contributed by atoms with Gasteiger partial charge < -0.3 is 10.2 Å². The lowest BCUT2D eigenvalue weighted by Gasteiger charge is -2.29. The summed E-state index contributed by atoms with van der Waals surface area (Å²) in [6.07, 6.45) is 3.62. The van der Waals surface area contributed by atoms with Gasteiger partial charge in [0, 0.05) is 17.7 Å². The van der Waals surface area contributed by atoms with E-state index in [4.69, 9.17) is 0 Å². The van der Waals surface area contributed by atoms with Crippen LogP contribution in [0.3, 0.4) is 0 Å². The summed E-state index contributed by atoms with van der Waals surface area (Å²) in [6.45, 7) is 5.15. The van der Waals surface area contributed by atoms with Crippen molar-refractivity contribution in [2.45, 2.75) is 32.2 Å². The minimum atomic E-state index is -0.523. The molecular formula is C16H24F2N2. The summed E-state index contributed by atoms with van der Waals surface area (Å²) < 4.78 is 26.5. The zero-order valence-corrected chi connectivity index (χ0v) is 12.3. The number of nitrogens with one attached hydrogen (secondary N) is 1. The molecule has 1 atom stereocenters. The smallest absolute Gasteiger partial charge is 0.130 e. The van der Waals surface area contributed by atoms with Gasteiger partial charge in [0.1, 0.15) is 11.6 Å². The maximum absolute atomic E-state index is 13.6. The first-order valence-corrected chi connectivity index (χ1v) is 7.43. The standard InChI is InChI=1S/C16H24F2N2/c1-12(15-4-3-14(17)11-16(15)18)19-8-5-13-6-9-20(2)10-7-13/h3-4,11-13,19H,5-10H2,1-2H3. The van der Waals surface area contributed by atoms with Gasteiger partial charge in [0.15, 0.2) is 0 Å². The first-order chi connectivity index (χ1) is 9.56. The van der Waals surface area contributed by atoms with E-state index < -0.39 is 11.6 Å². The number of hydrogen-bond donors (Lipinski definition) is 1. The van der Waals surface area contributed by atoms with Crippen LogP contribution in [0.4, 0.5) is 8.78 Å². The van der Waals surface area contributed by atoms with E-state index in [1.165, 1.54) is 38.1 Å². The molecular weight excluding hydrogens is 258 g/mol. The van der Waals surface area contributed by atoms with Gasteiger partial charge in [-0.05, 0) is 64.9 Å². The molecule has 4 heteroatoms. The lowest BCUT2D eigenvalue weighted by Crippen LogP contribution is -2.32. The Morgan fingerprint density at radius 1 is 1.30 bits per heavy atom. The second kappa shape index (κ2) is 7.14. The molecule has 0 bridgehead atoms. The van der Waals surface area contributed by atoms with Gasteiger partial charge in [0.25, 0.3) is 0 Å². The minimum Gasteiger partial charge on any atom is -0.310 e. The number of nitrogens with zero attached hydrogens (tertiary/aromatic N) is 1. The van der Waals surface area contributed by atoms with Crippen LogP contribution in [0, 0.1) is 17.6 Å². The van der Waals surface area contributed by atoms with Crippen molar-refractivity contribution in [2.75, 3.05) is 26.7 Å². The van der Waals surface area contributed by atoms with E-state index in [1.54, 1.807) is 0 Å². The zero-order chi connectivity index (χ0) is 14.5. The predicted octanol–water partition coefficient (Wildman–Crippen LogP) is 3.35. The fraction of sp³-hybridized carbons (Fsp3) is 0.625. The number of benzene rings is 1. The molecule has 1 heterocycles. The SMILES string of the molecule is CC(NCCC1CCN(C)CC1)c1ccc(F)cc1F. The molecule has 1 aliphatic rings. The Hall–Kier alpha value is -1.00. The normalized spacial score (nSPS) is 19.2. The van der Waals surface area contributed by atoms with Gasteiger partial charge in [-0.3, -0.25) is 0 Å². The van der Waals surface area contributed by atoms with Crippen LogP contribution in [-0.4, -0.2) is 31.6 Å². The maximum Gasteiger partial charge on any atom is 0.130 e. The lowest BCUT2D eigenvalue weighted by molar-refractivity contribution is 0.210. The van der Waals surface area contributed by atoms with Gasteiger partial charge in [-0.15, -0.1) is 0 Å². The van der Waals surface area contributed by atoms with E-state index in [0.717, 1.165) is 24.9 Å². The molecule has 1 saturated heterocycles. The van der Waals surface area contributed by atoms with E-state index >= 15 is 0 Å². The summed E-state index contributed by atoms with van der Waals surface area (Å²) in [5.74, 6) is -0.224. The fourth-order valence-corrected chi connectivity index (χ4v) is 2.82. The van der Waals surface area contributed by atoms with E-state index in [0.29, 0.717) is 5.56 Å². The number of piperidine rings is 1. The fourth-order valence-electron chi connectivity index (χ4n) is 2.82. The Morgan fingerprint density at radius 2 is 2.00 bits per heavy atom. The predicted molar refractivity (Wildman–Crippen MR) is 77.6 cm³/mol. The highest BCUT2D eigenvalue weighted by molar-refractivity contribution is 5.21. The highest BCUT2D eigenvalue weighted by atomic mass is 19.1. The third kappa shape index (κ3) is 4.25. The lowest BCUT2D eigenvalue weighted by atomic mass is 9.93. The average Bonchev–Trinajstić information content (AvgIpc) is 2.41. The monoisotopic (exact) mass is 282 g/mol. The summed E-state index contributed by atoms with van der Waals surface area (Å²) in [6, 6.07) is 3.71. The van der Waals surface area contributed by atoms with Crippen molar-refractivity contribution in [1.82, 2.24) is 10.2 Å².